The van der Waals surface area contributed by atoms with Crippen LogP contribution in [0.1, 0.15) is 13.3 Å². The lowest BCUT2D eigenvalue weighted by Crippen LogP contribution is -1.86. The fourth-order valence-corrected chi connectivity index (χ4v) is 0.494. The Morgan fingerprint density at radius 3 is 3.00 bits per heavy atom. The Labute approximate surface area is 48.7 Å². The Morgan fingerprint density at radius 1 is 1.86 bits per heavy atom. The van der Waals surface area contributed by atoms with E-state index in [2.05, 4.69) is 16.0 Å². The van der Waals surface area contributed by atoms with Crippen LogP contribution in [0.3, 0.4) is 0 Å². The molecule has 0 atom stereocenters. The van der Waals surface area contributed by atoms with Crippen LogP contribution in [-0.4, -0.2) is 13.3 Å². The molecule has 1 N–H and O–H groups in total. The molecule has 0 rings (SSSR count). The van der Waals surface area contributed by atoms with Gasteiger partial charge in [0.25, 0.3) is 0 Å². The Morgan fingerprint density at radius 2 is 2.57 bits per heavy atom. The zero-order valence-corrected chi connectivity index (χ0v) is 5.46. The standard InChI is InChI=1S/C4H10N2S/c1-3-4-6-7-5-2/h4-5H,3H2,1-2H3. The van der Waals surface area contributed by atoms with Gasteiger partial charge in [0.2, 0.25) is 0 Å². The first kappa shape index (κ1) is 6.98. The maximum atomic E-state index is 3.89. The minimum absolute atomic E-state index is 1.01. The number of rotatable bonds is 3. The van der Waals surface area contributed by atoms with E-state index in [0.717, 1.165) is 6.42 Å². The van der Waals surface area contributed by atoms with Gasteiger partial charge in [-0.25, -0.2) is 9.12 Å². The second-order valence-corrected chi connectivity index (χ2v) is 1.79. The SMILES string of the molecule is CCC=NSNC. The van der Waals surface area contributed by atoms with E-state index >= 15 is 0 Å². The highest BCUT2D eigenvalue weighted by atomic mass is 32.2. The molecule has 0 saturated heterocycles. The largest absolute Gasteiger partial charge is 0.247 e. The molecule has 0 aliphatic heterocycles. The smallest absolute Gasteiger partial charge is 0.0579 e. The highest BCUT2D eigenvalue weighted by Gasteiger charge is 1.66. The Bertz CT molecular complexity index is 53.7. The van der Waals surface area contributed by atoms with Crippen LogP contribution in [0.25, 0.3) is 0 Å². The molecule has 0 aliphatic carbocycles. The lowest BCUT2D eigenvalue weighted by Gasteiger charge is -1.82. The molecule has 0 aromatic heterocycles. The predicted octanol–water partition coefficient (Wildman–Crippen LogP) is 1.25. The number of hydrogen-bond donors (Lipinski definition) is 1. The van der Waals surface area contributed by atoms with E-state index in [1.807, 2.05) is 13.3 Å². The predicted molar refractivity (Wildman–Crippen MR) is 35.4 cm³/mol. The fourth-order valence-electron chi connectivity index (χ4n) is 0.165. The molecule has 0 heterocycles. The highest BCUT2D eigenvalue weighted by Crippen LogP contribution is 1.89. The van der Waals surface area contributed by atoms with E-state index in [1.54, 1.807) is 0 Å². The average molecular weight is 118 g/mol. The fraction of sp³-hybridized carbons (Fsp3) is 0.750. The van der Waals surface area contributed by atoms with Crippen LogP contribution in [0.2, 0.25) is 0 Å². The van der Waals surface area contributed by atoms with E-state index in [0.29, 0.717) is 0 Å². The molecule has 0 aromatic rings. The van der Waals surface area contributed by atoms with Crippen molar-refractivity contribution in [2.45, 2.75) is 13.3 Å². The summed E-state index contributed by atoms with van der Waals surface area (Å²) in [4.78, 5) is 0. The van der Waals surface area contributed by atoms with Gasteiger partial charge in [-0.15, -0.1) is 0 Å². The molecule has 0 spiro atoms. The van der Waals surface area contributed by atoms with Crippen molar-refractivity contribution in [3.63, 3.8) is 0 Å². The summed E-state index contributed by atoms with van der Waals surface area (Å²) in [5.74, 6) is 0. The van der Waals surface area contributed by atoms with E-state index in [-0.39, 0.29) is 0 Å². The molecule has 0 amide bonds. The van der Waals surface area contributed by atoms with Gasteiger partial charge in [-0.3, -0.25) is 0 Å². The second-order valence-electron chi connectivity index (χ2n) is 0.992. The van der Waals surface area contributed by atoms with Crippen molar-refractivity contribution in [3.05, 3.63) is 0 Å². The third-order valence-electron chi connectivity index (χ3n) is 0.401. The number of nitrogens with one attached hydrogen (secondary N) is 1. The summed E-state index contributed by atoms with van der Waals surface area (Å²) in [5, 5.41) is 0. The topological polar surface area (TPSA) is 24.4 Å². The molecule has 2 nitrogen and oxygen atoms in total. The van der Waals surface area contributed by atoms with Gasteiger partial charge in [-0.1, -0.05) is 6.92 Å². The first-order valence-corrected chi connectivity index (χ1v) is 3.03. The van der Waals surface area contributed by atoms with Crippen molar-refractivity contribution in [2.24, 2.45) is 4.40 Å². The van der Waals surface area contributed by atoms with Gasteiger partial charge in [-0.2, -0.15) is 0 Å². The monoisotopic (exact) mass is 118 g/mol. The third-order valence-corrected chi connectivity index (χ3v) is 0.838. The summed E-state index contributed by atoms with van der Waals surface area (Å²) in [7, 11) is 1.84. The van der Waals surface area contributed by atoms with Gasteiger partial charge in [0.05, 0.1) is 12.1 Å². The Hall–Kier alpha value is -0.0200. The Kier molecular flexibility index (Phi) is 5.96. The van der Waals surface area contributed by atoms with Crippen molar-refractivity contribution < 1.29 is 0 Å². The van der Waals surface area contributed by atoms with Gasteiger partial charge in [0.1, 0.15) is 0 Å². The maximum Gasteiger partial charge on any atom is 0.0579 e. The molecule has 0 fully saturated rings. The normalized spacial score (nSPS) is 10.6. The molecule has 3 heteroatoms. The summed E-state index contributed by atoms with van der Waals surface area (Å²) >= 11 is 1.35. The van der Waals surface area contributed by atoms with E-state index < -0.39 is 0 Å². The van der Waals surface area contributed by atoms with Crippen LogP contribution in [0.15, 0.2) is 4.40 Å². The molecule has 42 valence electrons. The molecule has 0 radical (unpaired) electrons. The minimum atomic E-state index is 1.01. The van der Waals surface area contributed by atoms with Crippen molar-refractivity contribution in [1.29, 1.82) is 0 Å². The van der Waals surface area contributed by atoms with Crippen LogP contribution in [0, 0.1) is 0 Å². The quantitative estimate of drug-likeness (QED) is 0.445. The third kappa shape index (κ3) is 5.98. The minimum Gasteiger partial charge on any atom is -0.247 e. The number of nitrogens with zero attached hydrogens (tertiary/aromatic N) is 1. The van der Waals surface area contributed by atoms with Gasteiger partial charge in [-0.05, 0) is 13.5 Å². The van der Waals surface area contributed by atoms with Crippen LogP contribution in [0.4, 0.5) is 0 Å². The molecular weight excluding hydrogens is 108 g/mol. The molecule has 0 saturated carbocycles. The van der Waals surface area contributed by atoms with Crippen LogP contribution in [-0.2, 0) is 0 Å². The maximum absolute atomic E-state index is 3.89. The summed E-state index contributed by atoms with van der Waals surface area (Å²) < 4.78 is 6.71. The Balaban J connectivity index is 2.78. The van der Waals surface area contributed by atoms with Crippen LogP contribution < -0.4 is 4.72 Å². The summed E-state index contributed by atoms with van der Waals surface area (Å²) in [6.45, 7) is 2.06. The van der Waals surface area contributed by atoms with E-state index in [9.17, 15) is 0 Å². The molecule has 0 unspecified atom stereocenters. The summed E-state index contributed by atoms with van der Waals surface area (Å²) in [6.07, 6.45) is 2.87. The van der Waals surface area contributed by atoms with Crippen molar-refractivity contribution in [1.82, 2.24) is 4.72 Å². The van der Waals surface area contributed by atoms with Crippen molar-refractivity contribution in [2.75, 3.05) is 7.05 Å². The summed E-state index contributed by atoms with van der Waals surface area (Å²) in [5.41, 5.74) is 0. The molecule has 0 aliphatic rings. The van der Waals surface area contributed by atoms with Gasteiger partial charge < -0.3 is 0 Å². The average Bonchev–Trinajstić information content (AvgIpc) is 1.69. The van der Waals surface area contributed by atoms with Gasteiger partial charge >= 0.3 is 0 Å². The van der Waals surface area contributed by atoms with Gasteiger partial charge in [0.15, 0.2) is 0 Å². The van der Waals surface area contributed by atoms with Crippen LogP contribution in [0.5, 0.6) is 0 Å². The molecule has 7 heavy (non-hydrogen) atoms. The van der Waals surface area contributed by atoms with Gasteiger partial charge in [0, 0.05) is 6.21 Å². The highest BCUT2D eigenvalue weighted by molar-refractivity contribution is 7.96. The van der Waals surface area contributed by atoms with Crippen molar-refractivity contribution in [3.8, 4) is 0 Å². The number of hydrogen-bond acceptors (Lipinski definition) is 3. The zero-order chi connectivity index (χ0) is 5.54. The molecule has 0 bridgehead atoms. The first-order chi connectivity index (χ1) is 3.41. The van der Waals surface area contributed by atoms with E-state index in [4.69, 9.17) is 0 Å². The van der Waals surface area contributed by atoms with E-state index in [1.165, 1.54) is 12.1 Å². The second kappa shape index (κ2) is 5.98. The zero-order valence-electron chi connectivity index (χ0n) is 4.64. The van der Waals surface area contributed by atoms with Crippen LogP contribution >= 0.6 is 12.1 Å². The molecular formula is C4H10N2S. The molecule has 0 aromatic carbocycles. The summed E-state index contributed by atoms with van der Waals surface area (Å²) in [6, 6.07) is 0. The first-order valence-electron chi connectivity index (χ1n) is 2.26. The lowest BCUT2D eigenvalue weighted by atomic mass is 10.6. The van der Waals surface area contributed by atoms with Crippen molar-refractivity contribution >= 4 is 18.3 Å². The lowest BCUT2D eigenvalue weighted by molar-refractivity contribution is 1.29.